The van der Waals surface area contributed by atoms with Crippen molar-refractivity contribution >= 4 is 33.9 Å². The van der Waals surface area contributed by atoms with Crippen LogP contribution in [0.4, 0.5) is 0 Å². The largest absolute Gasteiger partial charge is 0.483 e. The molecule has 0 spiro atoms. The highest BCUT2D eigenvalue weighted by molar-refractivity contribution is 14.1. The predicted molar refractivity (Wildman–Crippen MR) is 76.2 cm³/mol. The predicted octanol–water partition coefficient (Wildman–Crippen LogP) is 3.27. The molecule has 3 nitrogen and oxygen atoms in total. The van der Waals surface area contributed by atoms with Crippen molar-refractivity contribution in [3.63, 3.8) is 0 Å². The maximum atomic E-state index is 6.18. The van der Waals surface area contributed by atoms with E-state index >= 15 is 0 Å². The zero-order valence-electron chi connectivity index (χ0n) is 8.97. The van der Waals surface area contributed by atoms with E-state index in [1.807, 2.05) is 30.5 Å². The third-order valence-corrected chi connectivity index (χ3v) is 4.64. The first kappa shape index (κ1) is 11.4. The summed E-state index contributed by atoms with van der Waals surface area (Å²) in [6, 6.07) is 8.00. The number of nitrogens with two attached hydrogens (primary N) is 1. The number of hydrogen-bond acceptors (Lipinski definition) is 4. The molecule has 0 radical (unpaired) electrons. The summed E-state index contributed by atoms with van der Waals surface area (Å²) in [5, 5.41) is 1.01. The van der Waals surface area contributed by atoms with E-state index in [0.717, 1.165) is 22.7 Å². The smallest absolute Gasteiger partial charge is 0.152 e. The minimum absolute atomic E-state index is 0.00610. The molecule has 1 aromatic heterocycles. The van der Waals surface area contributed by atoms with Gasteiger partial charge in [-0.1, -0.05) is 18.2 Å². The van der Waals surface area contributed by atoms with Gasteiger partial charge in [0.15, 0.2) is 6.10 Å². The highest BCUT2D eigenvalue weighted by Gasteiger charge is 2.28. The molecule has 88 valence electrons. The second-order valence-corrected chi connectivity index (χ2v) is 6.95. The van der Waals surface area contributed by atoms with Crippen molar-refractivity contribution in [2.24, 2.45) is 5.73 Å². The monoisotopic (exact) mass is 358 g/mol. The van der Waals surface area contributed by atoms with Crippen LogP contribution in [0.2, 0.25) is 0 Å². The first-order valence-electron chi connectivity index (χ1n) is 5.36. The first-order valence-corrected chi connectivity index (χ1v) is 7.26. The van der Waals surface area contributed by atoms with Crippen LogP contribution < -0.4 is 10.5 Å². The van der Waals surface area contributed by atoms with Crippen LogP contribution in [0.3, 0.4) is 0 Å². The van der Waals surface area contributed by atoms with E-state index in [-0.39, 0.29) is 12.1 Å². The maximum Gasteiger partial charge on any atom is 0.152 e. The van der Waals surface area contributed by atoms with Crippen molar-refractivity contribution < 1.29 is 4.74 Å². The van der Waals surface area contributed by atoms with Crippen molar-refractivity contribution in [3.8, 4) is 5.75 Å². The number of fused-ring (bicyclic) bond motifs is 1. The summed E-state index contributed by atoms with van der Waals surface area (Å²) in [4.78, 5) is 4.38. The molecule has 0 saturated carbocycles. The summed E-state index contributed by atoms with van der Waals surface area (Å²) < 4.78 is 7.14. The van der Waals surface area contributed by atoms with Gasteiger partial charge < -0.3 is 10.5 Å². The Kier molecular flexibility index (Phi) is 3.06. The topological polar surface area (TPSA) is 48.1 Å². The number of hydrogen-bond donors (Lipinski definition) is 1. The Morgan fingerprint density at radius 3 is 3.00 bits per heavy atom. The molecule has 1 unspecified atom stereocenters. The second-order valence-electron chi connectivity index (χ2n) is 3.99. The number of ether oxygens (including phenoxy) is 1. The van der Waals surface area contributed by atoms with E-state index in [1.165, 1.54) is 2.88 Å². The Morgan fingerprint density at radius 1 is 1.41 bits per heavy atom. The quantitative estimate of drug-likeness (QED) is 0.796. The number of thiazole rings is 1. The van der Waals surface area contributed by atoms with Gasteiger partial charge in [-0.15, -0.1) is 11.3 Å². The Balaban J connectivity index is 1.93. The van der Waals surface area contributed by atoms with Gasteiger partial charge in [-0.2, -0.15) is 0 Å². The van der Waals surface area contributed by atoms with Crippen LogP contribution in [0.1, 0.15) is 29.1 Å². The molecule has 0 saturated heterocycles. The van der Waals surface area contributed by atoms with Crippen LogP contribution in [-0.4, -0.2) is 4.98 Å². The Labute approximate surface area is 117 Å². The third-order valence-electron chi connectivity index (χ3n) is 2.83. The second kappa shape index (κ2) is 4.55. The van der Waals surface area contributed by atoms with Crippen molar-refractivity contribution in [2.75, 3.05) is 0 Å². The molecule has 1 aliphatic rings. The van der Waals surface area contributed by atoms with Crippen LogP contribution in [0.5, 0.6) is 5.75 Å². The van der Waals surface area contributed by atoms with E-state index in [4.69, 9.17) is 10.5 Å². The summed E-state index contributed by atoms with van der Waals surface area (Å²) in [6.45, 7) is 0. The highest BCUT2D eigenvalue weighted by atomic mass is 127. The molecule has 0 aliphatic carbocycles. The first-order chi connectivity index (χ1) is 8.24. The number of para-hydroxylation sites is 1. The highest BCUT2D eigenvalue weighted by Crippen LogP contribution is 2.40. The van der Waals surface area contributed by atoms with Gasteiger partial charge in [0.1, 0.15) is 10.8 Å². The molecule has 17 heavy (non-hydrogen) atoms. The molecule has 5 heteroatoms. The molecule has 0 bridgehead atoms. The minimum atomic E-state index is -0.00610. The van der Waals surface area contributed by atoms with Crippen LogP contribution in [0.25, 0.3) is 0 Å². The van der Waals surface area contributed by atoms with Gasteiger partial charge in [0, 0.05) is 18.0 Å². The van der Waals surface area contributed by atoms with Gasteiger partial charge >= 0.3 is 0 Å². The lowest BCUT2D eigenvalue weighted by atomic mass is 9.97. The lowest BCUT2D eigenvalue weighted by Crippen LogP contribution is -2.23. The fraction of sp³-hybridized carbons (Fsp3) is 0.250. The van der Waals surface area contributed by atoms with Gasteiger partial charge in [-0.25, -0.2) is 4.98 Å². The summed E-state index contributed by atoms with van der Waals surface area (Å²) in [7, 11) is 0. The molecular weight excluding hydrogens is 347 g/mol. The number of rotatable bonds is 1. The van der Waals surface area contributed by atoms with E-state index in [2.05, 4.69) is 27.6 Å². The van der Waals surface area contributed by atoms with E-state index < -0.39 is 0 Å². The van der Waals surface area contributed by atoms with Gasteiger partial charge in [0.25, 0.3) is 0 Å². The lowest BCUT2D eigenvalue weighted by molar-refractivity contribution is 0.161. The minimum Gasteiger partial charge on any atom is -0.483 e. The van der Waals surface area contributed by atoms with Crippen molar-refractivity contribution in [1.82, 2.24) is 4.98 Å². The van der Waals surface area contributed by atoms with E-state index in [9.17, 15) is 0 Å². The zero-order chi connectivity index (χ0) is 11.8. The molecule has 2 heterocycles. The fourth-order valence-corrected chi connectivity index (χ4v) is 3.52. The van der Waals surface area contributed by atoms with Gasteiger partial charge in [0.05, 0.1) is 9.08 Å². The fourth-order valence-electron chi connectivity index (χ4n) is 2.02. The van der Waals surface area contributed by atoms with E-state index in [1.54, 1.807) is 11.3 Å². The zero-order valence-corrected chi connectivity index (χ0v) is 11.9. The molecular formula is C12H11IN2OS. The number of benzene rings is 1. The van der Waals surface area contributed by atoms with Crippen molar-refractivity contribution in [2.45, 2.75) is 18.6 Å². The molecule has 1 aromatic carbocycles. The maximum absolute atomic E-state index is 6.18. The molecule has 1 aliphatic heterocycles. The van der Waals surface area contributed by atoms with Gasteiger partial charge in [-0.3, -0.25) is 0 Å². The van der Waals surface area contributed by atoms with Crippen LogP contribution >= 0.6 is 33.9 Å². The summed E-state index contributed by atoms with van der Waals surface area (Å²) in [5.74, 6) is 0.890. The third kappa shape index (κ3) is 2.19. The van der Waals surface area contributed by atoms with Crippen molar-refractivity contribution in [3.05, 3.63) is 43.9 Å². The number of halogens is 1. The Hall–Kier alpha value is -0.660. The molecule has 0 fully saturated rings. The lowest BCUT2D eigenvalue weighted by Gasteiger charge is -2.28. The van der Waals surface area contributed by atoms with E-state index in [0.29, 0.717) is 0 Å². The number of nitrogens with zero attached hydrogens (tertiary/aromatic N) is 1. The van der Waals surface area contributed by atoms with Crippen LogP contribution in [0, 0.1) is 2.88 Å². The summed E-state index contributed by atoms with van der Waals surface area (Å²) in [5.41, 5.74) is 7.27. The van der Waals surface area contributed by atoms with Gasteiger partial charge in [0.2, 0.25) is 0 Å². The molecule has 2 aromatic rings. The standard InChI is InChI=1S/C12H11IN2OS/c13-11-6-15-12(17-11)10-5-8(14)7-3-1-2-4-9(7)16-10/h1-4,6,8,10H,5,14H2/t8-,10?/m0/s1. The van der Waals surface area contributed by atoms with Gasteiger partial charge in [-0.05, 0) is 28.7 Å². The average molecular weight is 358 g/mol. The molecule has 2 atom stereocenters. The van der Waals surface area contributed by atoms with Crippen molar-refractivity contribution in [1.29, 1.82) is 0 Å². The Bertz CT molecular complexity index is 543. The number of aromatic nitrogens is 1. The Morgan fingerprint density at radius 2 is 2.24 bits per heavy atom. The molecule has 2 N–H and O–H groups in total. The molecule has 3 rings (SSSR count). The van der Waals surface area contributed by atoms with Crippen LogP contribution in [-0.2, 0) is 0 Å². The van der Waals surface area contributed by atoms with Crippen LogP contribution in [0.15, 0.2) is 30.5 Å². The summed E-state index contributed by atoms with van der Waals surface area (Å²) >= 11 is 3.94. The normalized spacial score (nSPS) is 22.9. The molecule has 0 amide bonds. The average Bonchev–Trinajstić information content (AvgIpc) is 2.76. The SMILES string of the molecule is N[C@H]1CC(c2ncc(I)s2)Oc2ccccc21. The summed E-state index contributed by atoms with van der Waals surface area (Å²) in [6.07, 6.45) is 2.66.